The van der Waals surface area contributed by atoms with Crippen molar-refractivity contribution in [1.29, 1.82) is 0 Å². The molecule has 0 aliphatic carbocycles. The van der Waals surface area contributed by atoms with E-state index in [1.165, 1.54) is 12.1 Å². The number of hydrogen-bond donors (Lipinski definition) is 1. The molecule has 0 unspecified atom stereocenters. The van der Waals surface area contributed by atoms with Crippen molar-refractivity contribution in [2.24, 2.45) is 0 Å². The Bertz CT molecular complexity index is 576. The lowest BCUT2D eigenvalue weighted by Crippen LogP contribution is -2.05. The van der Waals surface area contributed by atoms with E-state index in [0.29, 0.717) is 11.4 Å². The number of hydrogen-bond acceptors (Lipinski definition) is 2. The van der Waals surface area contributed by atoms with E-state index in [1.54, 1.807) is 12.1 Å². The van der Waals surface area contributed by atoms with Crippen molar-refractivity contribution in [2.75, 3.05) is 5.73 Å². The third-order valence-electron chi connectivity index (χ3n) is 2.72. The Morgan fingerprint density at radius 2 is 1.70 bits per heavy atom. The maximum Gasteiger partial charge on any atom is 0.416 e. The van der Waals surface area contributed by atoms with E-state index in [2.05, 4.69) is 15.9 Å². The van der Waals surface area contributed by atoms with Crippen LogP contribution in [-0.2, 0) is 12.8 Å². The Balaban J connectivity index is 2.08. The highest BCUT2D eigenvalue weighted by atomic mass is 79.9. The lowest BCUT2D eigenvalue weighted by molar-refractivity contribution is -0.137. The van der Waals surface area contributed by atoms with Crippen LogP contribution in [-0.4, -0.2) is 0 Å². The van der Waals surface area contributed by atoms with Crippen molar-refractivity contribution in [3.63, 3.8) is 0 Å². The van der Waals surface area contributed by atoms with Gasteiger partial charge in [-0.15, -0.1) is 0 Å². The van der Waals surface area contributed by atoms with Gasteiger partial charge in [0, 0.05) is 15.7 Å². The molecule has 0 atom stereocenters. The largest absolute Gasteiger partial charge is 0.489 e. The van der Waals surface area contributed by atoms with Gasteiger partial charge in [0.1, 0.15) is 12.4 Å². The molecule has 0 aromatic heterocycles. The van der Waals surface area contributed by atoms with Crippen LogP contribution >= 0.6 is 15.9 Å². The summed E-state index contributed by atoms with van der Waals surface area (Å²) in [4.78, 5) is 0. The number of halogens is 4. The zero-order chi connectivity index (χ0) is 14.8. The summed E-state index contributed by atoms with van der Waals surface area (Å²) in [6.45, 7) is 0.179. The smallest absolute Gasteiger partial charge is 0.416 e. The molecule has 0 saturated heterocycles. The molecule has 0 aliphatic heterocycles. The van der Waals surface area contributed by atoms with Crippen LogP contribution in [0.5, 0.6) is 5.75 Å². The highest BCUT2D eigenvalue weighted by Gasteiger charge is 2.30. The standard InChI is InChI=1S/C14H11BrF3NO/c15-12-2-1-3-13(19)11(12)8-20-10-6-4-9(5-7-10)14(16,17)18/h1-7H,8,19H2. The van der Waals surface area contributed by atoms with Gasteiger partial charge < -0.3 is 10.5 Å². The lowest BCUT2D eigenvalue weighted by atomic mass is 10.2. The molecule has 0 aliphatic rings. The number of nitrogens with two attached hydrogens (primary N) is 1. The number of nitrogen functional groups attached to an aromatic ring is 1. The summed E-state index contributed by atoms with van der Waals surface area (Å²) >= 11 is 3.35. The maximum absolute atomic E-state index is 12.4. The molecule has 2 aromatic carbocycles. The first-order valence-corrected chi connectivity index (χ1v) is 6.50. The summed E-state index contributed by atoms with van der Waals surface area (Å²) in [6, 6.07) is 9.89. The monoisotopic (exact) mass is 345 g/mol. The summed E-state index contributed by atoms with van der Waals surface area (Å²) in [6.07, 6.45) is -4.34. The average molecular weight is 346 g/mol. The van der Waals surface area contributed by atoms with E-state index >= 15 is 0 Å². The van der Waals surface area contributed by atoms with Gasteiger partial charge in [-0.25, -0.2) is 0 Å². The number of anilines is 1. The normalized spacial score (nSPS) is 11.4. The van der Waals surface area contributed by atoms with E-state index in [0.717, 1.165) is 22.2 Å². The minimum absolute atomic E-state index is 0.179. The topological polar surface area (TPSA) is 35.2 Å². The van der Waals surface area contributed by atoms with E-state index < -0.39 is 11.7 Å². The van der Waals surface area contributed by atoms with E-state index in [9.17, 15) is 13.2 Å². The predicted molar refractivity (Wildman–Crippen MR) is 74.3 cm³/mol. The van der Waals surface area contributed by atoms with Gasteiger partial charge in [0.2, 0.25) is 0 Å². The zero-order valence-electron chi connectivity index (χ0n) is 10.2. The molecule has 0 saturated carbocycles. The second-order valence-corrected chi connectivity index (χ2v) is 4.97. The molecule has 0 spiro atoms. The Morgan fingerprint density at radius 3 is 2.25 bits per heavy atom. The van der Waals surface area contributed by atoms with Crippen molar-refractivity contribution < 1.29 is 17.9 Å². The summed E-state index contributed by atoms with van der Waals surface area (Å²) in [7, 11) is 0. The molecule has 106 valence electrons. The Morgan fingerprint density at radius 1 is 1.05 bits per heavy atom. The van der Waals surface area contributed by atoms with E-state index in [1.807, 2.05) is 6.07 Å². The van der Waals surface area contributed by atoms with Gasteiger partial charge in [0.15, 0.2) is 0 Å². The van der Waals surface area contributed by atoms with Gasteiger partial charge >= 0.3 is 6.18 Å². The number of alkyl halides is 3. The molecular formula is C14H11BrF3NO. The van der Waals surface area contributed by atoms with E-state index in [4.69, 9.17) is 10.5 Å². The Kier molecular flexibility index (Phi) is 4.23. The molecular weight excluding hydrogens is 335 g/mol. The molecule has 2 N–H and O–H groups in total. The molecule has 2 aromatic rings. The van der Waals surface area contributed by atoms with Gasteiger partial charge in [-0.3, -0.25) is 0 Å². The minimum atomic E-state index is -4.34. The number of rotatable bonds is 3. The van der Waals surface area contributed by atoms with Crippen molar-refractivity contribution in [1.82, 2.24) is 0 Å². The summed E-state index contributed by atoms with van der Waals surface area (Å²) in [5, 5.41) is 0. The predicted octanol–water partition coefficient (Wildman–Crippen LogP) is 4.63. The molecule has 0 fully saturated rings. The summed E-state index contributed by atoms with van der Waals surface area (Å²) in [5.74, 6) is 0.355. The molecule has 2 rings (SSSR count). The second-order valence-electron chi connectivity index (χ2n) is 4.12. The molecule has 20 heavy (non-hydrogen) atoms. The first-order chi connectivity index (χ1) is 9.38. The minimum Gasteiger partial charge on any atom is -0.489 e. The second kappa shape index (κ2) is 5.75. The van der Waals surface area contributed by atoms with Crippen molar-refractivity contribution in [3.8, 4) is 5.75 Å². The van der Waals surface area contributed by atoms with Crippen molar-refractivity contribution in [3.05, 3.63) is 58.1 Å². The lowest BCUT2D eigenvalue weighted by Gasteiger charge is -2.11. The van der Waals surface area contributed by atoms with Crippen LogP contribution in [0, 0.1) is 0 Å². The first-order valence-electron chi connectivity index (χ1n) is 5.71. The van der Waals surface area contributed by atoms with Crippen molar-refractivity contribution in [2.45, 2.75) is 12.8 Å². The molecule has 0 bridgehead atoms. The Labute approximate surface area is 122 Å². The van der Waals surface area contributed by atoms with Gasteiger partial charge in [-0.05, 0) is 36.4 Å². The molecule has 0 amide bonds. The fourth-order valence-corrected chi connectivity index (χ4v) is 2.12. The zero-order valence-corrected chi connectivity index (χ0v) is 11.8. The fraction of sp³-hybridized carbons (Fsp3) is 0.143. The molecule has 2 nitrogen and oxygen atoms in total. The van der Waals surface area contributed by atoms with Crippen LogP contribution in [0.3, 0.4) is 0 Å². The SMILES string of the molecule is Nc1cccc(Br)c1COc1ccc(C(F)(F)F)cc1. The molecule has 0 radical (unpaired) electrons. The van der Waals surface area contributed by atoms with E-state index in [-0.39, 0.29) is 6.61 Å². The summed E-state index contributed by atoms with van der Waals surface area (Å²) < 4.78 is 43.5. The van der Waals surface area contributed by atoms with Crippen LogP contribution in [0.4, 0.5) is 18.9 Å². The highest BCUT2D eigenvalue weighted by Crippen LogP contribution is 2.31. The summed E-state index contributed by atoms with van der Waals surface area (Å²) in [5.41, 5.74) is 6.42. The maximum atomic E-state index is 12.4. The highest BCUT2D eigenvalue weighted by molar-refractivity contribution is 9.10. The van der Waals surface area contributed by atoms with Crippen LogP contribution in [0.15, 0.2) is 46.9 Å². The molecule has 0 heterocycles. The van der Waals surface area contributed by atoms with Gasteiger partial charge in [-0.2, -0.15) is 13.2 Å². The molecule has 6 heteroatoms. The average Bonchev–Trinajstić information content (AvgIpc) is 2.37. The quantitative estimate of drug-likeness (QED) is 0.823. The Hall–Kier alpha value is -1.69. The number of ether oxygens (including phenoxy) is 1. The number of benzene rings is 2. The van der Waals surface area contributed by atoms with Crippen LogP contribution in [0.1, 0.15) is 11.1 Å². The van der Waals surface area contributed by atoms with Gasteiger partial charge in [0.05, 0.1) is 5.56 Å². The van der Waals surface area contributed by atoms with Gasteiger partial charge in [0.25, 0.3) is 0 Å². The van der Waals surface area contributed by atoms with Gasteiger partial charge in [-0.1, -0.05) is 22.0 Å². The van der Waals surface area contributed by atoms with Crippen LogP contribution in [0.2, 0.25) is 0 Å². The first kappa shape index (κ1) is 14.7. The third-order valence-corrected chi connectivity index (χ3v) is 3.46. The van der Waals surface area contributed by atoms with Crippen LogP contribution in [0.25, 0.3) is 0 Å². The fourth-order valence-electron chi connectivity index (χ4n) is 1.62. The third kappa shape index (κ3) is 3.45. The van der Waals surface area contributed by atoms with Crippen molar-refractivity contribution >= 4 is 21.6 Å². The van der Waals surface area contributed by atoms with Crippen LogP contribution < -0.4 is 10.5 Å².